The van der Waals surface area contributed by atoms with Crippen LogP contribution >= 0.6 is 0 Å². The number of nitrogens with zero attached hydrogens (tertiary/aromatic N) is 1. The van der Waals surface area contributed by atoms with Crippen molar-refractivity contribution in [3.05, 3.63) is 41.7 Å². The van der Waals surface area contributed by atoms with E-state index in [-0.39, 0.29) is 6.04 Å². The first-order valence-corrected chi connectivity index (χ1v) is 6.04. The number of hydrogen-bond donors (Lipinski definition) is 3. The van der Waals surface area contributed by atoms with E-state index in [1.807, 2.05) is 6.92 Å². The summed E-state index contributed by atoms with van der Waals surface area (Å²) in [6, 6.07) is 8.42. The lowest BCUT2D eigenvalue weighted by atomic mass is 10.2. The average molecular weight is 240 g/mol. The number of rotatable bonds is 2. The number of nitrogens with one attached hydrogen (secondary N) is 2. The summed E-state index contributed by atoms with van der Waals surface area (Å²) in [5, 5.41) is 1.19. The summed E-state index contributed by atoms with van der Waals surface area (Å²) in [5.74, 6) is 0.830. The molecule has 0 aliphatic heterocycles. The number of nitrogens with two attached hydrogens (primary N) is 1. The molecule has 4 heteroatoms. The van der Waals surface area contributed by atoms with Gasteiger partial charge in [0, 0.05) is 16.9 Å². The number of benzene rings is 1. The molecule has 2 aromatic heterocycles. The molecule has 0 fully saturated rings. The van der Waals surface area contributed by atoms with Crippen LogP contribution < -0.4 is 5.73 Å². The van der Waals surface area contributed by atoms with Crippen LogP contribution in [0.25, 0.3) is 22.4 Å². The summed E-state index contributed by atoms with van der Waals surface area (Å²) in [6.45, 7) is 4.02. The van der Waals surface area contributed by atoms with E-state index >= 15 is 0 Å². The zero-order valence-corrected chi connectivity index (χ0v) is 10.5. The maximum Gasteiger partial charge on any atom is 0.154 e. The van der Waals surface area contributed by atoms with Crippen LogP contribution in [0.2, 0.25) is 0 Å². The normalized spacial score (nSPS) is 13.1. The van der Waals surface area contributed by atoms with Gasteiger partial charge < -0.3 is 15.7 Å². The highest BCUT2D eigenvalue weighted by Crippen LogP contribution is 2.23. The first kappa shape index (κ1) is 11.0. The molecule has 3 rings (SSSR count). The van der Waals surface area contributed by atoms with Gasteiger partial charge in [-0.25, -0.2) is 4.98 Å². The zero-order chi connectivity index (χ0) is 12.7. The fraction of sp³-hybridized carbons (Fsp3) is 0.214. The lowest BCUT2D eigenvalue weighted by Crippen LogP contribution is -2.04. The van der Waals surface area contributed by atoms with E-state index < -0.39 is 0 Å². The van der Waals surface area contributed by atoms with E-state index in [4.69, 9.17) is 5.73 Å². The molecule has 1 atom stereocenters. The van der Waals surface area contributed by atoms with E-state index in [0.29, 0.717) is 0 Å². The average Bonchev–Trinajstić information content (AvgIpc) is 2.93. The Kier molecular flexibility index (Phi) is 2.45. The first-order valence-electron chi connectivity index (χ1n) is 6.04. The van der Waals surface area contributed by atoms with Gasteiger partial charge >= 0.3 is 0 Å². The van der Waals surface area contributed by atoms with Crippen LogP contribution in [-0.2, 0) is 0 Å². The van der Waals surface area contributed by atoms with Crippen LogP contribution in [-0.4, -0.2) is 15.0 Å². The minimum absolute atomic E-state index is 0.0297. The third kappa shape index (κ3) is 1.80. The van der Waals surface area contributed by atoms with Crippen LogP contribution in [0.3, 0.4) is 0 Å². The van der Waals surface area contributed by atoms with Gasteiger partial charge in [0.25, 0.3) is 0 Å². The molecule has 0 aliphatic carbocycles. The Hall–Kier alpha value is -2.07. The third-order valence-electron chi connectivity index (χ3n) is 3.12. The predicted molar refractivity (Wildman–Crippen MR) is 73.2 cm³/mol. The molecule has 4 nitrogen and oxygen atoms in total. The molecule has 2 heterocycles. The molecule has 4 N–H and O–H groups in total. The molecule has 92 valence electrons. The molecular formula is C14H16N4. The minimum Gasteiger partial charge on any atom is -0.352 e. The predicted octanol–water partition coefficient (Wildman–Crippen LogP) is 2.89. The van der Waals surface area contributed by atoms with Gasteiger partial charge in [0.2, 0.25) is 0 Å². The van der Waals surface area contributed by atoms with Gasteiger partial charge in [-0.05, 0) is 31.5 Å². The van der Waals surface area contributed by atoms with E-state index in [2.05, 4.69) is 46.1 Å². The van der Waals surface area contributed by atoms with Crippen LogP contribution in [0.4, 0.5) is 0 Å². The summed E-state index contributed by atoms with van der Waals surface area (Å²) in [4.78, 5) is 11.0. The molecule has 1 aromatic carbocycles. The maximum absolute atomic E-state index is 5.82. The molecule has 0 amide bonds. The largest absolute Gasteiger partial charge is 0.352 e. The van der Waals surface area contributed by atoms with Gasteiger partial charge in [0.15, 0.2) is 5.82 Å². The summed E-state index contributed by atoms with van der Waals surface area (Å²) >= 11 is 0. The van der Waals surface area contributed by atoms with Gasteiger partial charge in [-0.1, -0.05) is 12.1 Å². The molecule has 0 aliphatic rings. The Morgan fingerprint density at radius 3 is 2.78 bits per heavy atom. The molecular weight excluding hydrogens is 224 g/mol. The molecule has 3 aromatic rings. The second kappa shape index (κ2) is 3.99. The van der Waals surface area contributed by atoms with E-state index in [1.54, 1.807) is 6.20 Å². The molecule has 0 saturated carbocycles. The van der Waals surface area contributed by atoms with Crippen molar-refractivity contribution < 1.29 is 0 Å². The van der Waals surface area contributed by atoms with Crippen molar-refractivity contribution in [1.29, 1.82) is 0 Å². The van der Waals surface area contributed by atoms with Crippen LogP contribution in [0, 0.1) is 6.92 Å². The topological polar surface area (TPSA) is 70.5 Å². The molecule has 18 heavy (non-hydrogen) atoms. The number of fused-ring (bicyclic) bond motifs is 1. The quantitative estimate of drug-likeness (QED) is 0.644. The van der Waals surface area contributed by atoms with Crippen molar-refractivity contribution >= 4 is 10.9 Å². The van der Waals surface area contributed by atoms with Gasteiger partial charge in [-0.15, -0.1) is 0 Å². The van der Waals surface area contributed by atoms with Crippen molar-refractivity contribution in [3.8, 4) is 11.5 Å². The number of aryl methyl sites for hydroxylation is 1. The molecule has 0 bridgehead atoms. The smallest absolute Gasteiger partial charge is 0.154 e. The second-order valence-electron chi connectivity index (χ2n) is 4.75. The highest BCUT2D eigenvalue weighted by atomic mass is 15.0. The maximum atomic E-state index is 5.82. The third-order valence-corrected chi connectivity index (χ3v) is 3.12. The Labute approximate surface area is 105 Å². The summed E-state index contributed by atoms with van der Waals surface area (Å²) in [7, 11) is 0. The van der Waals surface area contributed by atoms with E-state index in [1.165, 1.54) is 10.9 Å². The van der Waals surface area contributed by atoms with Crippen LogP contribution in [0.15, 0.2) is 30.5 Å². The fourth-order valence-electron chi connectivity index (χ4n) is 2.07. The number of imidazole rings is 1. The summed E-state index contributed by atoms with van der Waals surface area (Å²) < 4.78 is 0. The van der Waals surface area contributed by atoms with Crippen molar-refractivity contribution in [2.45, 2.75) is 19.9 Å². The Bertz CT molecular complexity index is 691. The van der Waals surface area contributed by atoms with Gasteiger partial charge in [-0.3, -0.25) is 0 Å². The van der Waals surface area contributed by atoms with Crippen molar-refractivity contribution in [1.82, 2.24) is 15.0 Å². The highest BCUT2D eigenvalue weighted by Gasteiger charge is 2.09. The highest BCUT2D eigenvalue weighted by molar-refractivity contribution is 5.85. The minimum atomic E-state index is -0.0297. The van der Waals surface area contributed by atoms with Crippen molar-refractivity contribution in [2.75, 3.05) is 0 Å². The lowest BCUT2D eigenvalue weighted by molar-refractivity contribution is 0.789. The Balaban J connectivity index is 2.07. The molecule has 0 spiro atoms. The lowest BCUT2D eigenvalue weighted by Gasteiger charge is -1.98. The monoisotopic (exact) mass is 240 g/mol. The second-order valence-corrected chi connectivity index (χ2v) is 4.75. The number of H-pyrrole nitrogens is 2. The Morgan fingerprint density at radius 1 is 1.22 bits per heavy atom. The Morgan fingerprint density at radius 2 is 2.06 bits per heavy atom. The molecule has 0 radical (unpaired) electrons. The summed E-state index contributed by atoms with van der Waals surface area (Å²) in [5.41, 5.74) is 10.1. The fourth-order valence-corrected chi connectivity index (χ4v) is 2.07. The first-order chi connectivity index (χ1) is 8.63. The SMILES string of the molecule is Cc1ccc2cc(-c3ncc([C@H](C)N)[nH]3)[nH]c2c1. The van der Waals surface area contributed by atoms with E-state index in [0.717, 1.165) is 22.7 Å². The van der Waals surface area contributed by atoms with Gasteiger partial charge in [0.05, 0.1) is 17.6 Å². The number of aromatic amines is 2. The van der Waals surface area contributed by atoms with Crippen molar-refractivity contribution in [3.63, 3.8) is 0 Å². The number of hydrogen-bond acceptors (Lipinski definition) is 2. The standard InChI is InChI=1S/C14H16N4/c1-8-3-4-10-6-12(17-11(10)5-8)14-16-7-13(18-14)9(2)15/h3-7,9,17H,15H2,1-2H3,(H,16,18)/t9-/m0/s1. The van der Waals surface area contributed by atoms with Gasteiger partial charge in [-0.2, -0.15) is 0 Å². The molecule has 0 unspecified atom stereocenters. The van der Waals surface area contributed by atoms with Crippen LogP contribution in [0.1, 0.15) is 24.2 Å². The van der Waals surface area contributed by atoms with Gasteiger partial charge in [0.1, 0.15) is 0 Å². The number of aromatic nitrogens is 3. The summed E-state index contributed by atoms with van der Waals surface area (Å²) in [6.07, 6.45) is 1.79. The molecule has 0 saturated heterocycles. The van der Waals surface area contributed by atoms with Crippen LogP contribution in [0.5, 0.6) is 0 Å². The van der Waals surface area contributed by atoms with E-state index in [9.17, 15) is 0 Å². The zero-order valence-electron chi connectivity index (χ0n) is 10.5. The van der Waals surface area contributed by atoms with Crippen molar-refractivity contribution in [2.24, 2.45) is 5.73 Å².